The van der Waals surface area contributed by atoms with E-state index < -0.39 is 15.9 Å². The van der Waals surface area contributed by atoms with E-state index in [1.54, 1.807) is 19.2 Å². The maximum absolute atomic E-state index is 11.2. The van der Waals surface area contributed by atoms with Gasteiger partial charge in [-0.05, 0) is 31.7 Å². The van der Waals surface area contributed by atoms with E-state index in [0.29, 0.717) is 6.54 Å². The molecule has 0 spiro atoms. The molecule has 1 aromatic rings. The second-order valence-corrected chi connectivity index (χ2v) is 7.33. The number of likely N-dealkylation sites (N-methyl/N-ethyl adjacent to an activating group) is 1. The molecule has 0 amide bonds. The van der Waals surface area contributed by atoms with Gasteiger partial charge in [0.1, 0.15) is 15.6 Å². The Morgan fingerprint density at radius 1 is 1.30 bits per heavy atom. The van der Waals surface area contributed by atoms with Gasteiger partial charge in [0.25, 0.3) is 0 Å². The number of ether oxygens (including phenoxy) is 1. The lowest BCUT2D eigenvalue weighted by Gasteiger charge is -2.29. The van der Waals surface area contributed by atoms with Gasteiger partial charge in [0.2, 0.25) is 0 Å². The number of nitrogens with zero attached hydrogens (tertiary/aromatic N) is 1. The van der Waals surface area contributed by atoms with Crippen molar-refractivity contribution in [3.8, 4) is 5.75 Å². The second kappa shape index (κ2) is 7.06. The maximum atomic E-state index is 11.2. The third kappa shape index (κ3) is 5.11. The molecule has 0 aliphatic carbocycles. The van der Waals surface area contributed by atoms with Crippen LogP contribution in [0.4, 0.5) is 0 Å². The van der Waals surface area contributed by atoms with E-state index in [0.717, 1.165) is 11.3 Å². The van der Waals surface area contributed by atoms with Crippen LogP contribution in [0.2, 0.25) is 0 Å². The molecule has 20 heavy (non-hydrogen) atoms. The van der Waals surface area contributed by atoms with Crippen LogP contribution >= 0.6 is 0 Å². The van der Waals surface area contributed by atoms with Gasteiger partial charge in [0.15, 0.2) is 0 Å². The minimum absolute atomic E-state index is 0.0865. The molecule has 0 heterocycles. The van der Waals surface area contributed by atoms with Gasteiger partial charge in [-0.25, -0.2) is 8.42 Å². The first-order valence-electron chi connectivity index (χ1n) is 6.44. The van der Waals surface area contributed by atoms with Crippen LogP contribution in [-0.4, -0.2) is 57.2 Å². The summed E-state index contributed by atoms with van der Waals surface area (Å²) in [6, 6.07) is 7.03. The van der Waals surface area contributed by atoms with E-state index >= 15 is 0 Å². The molecule has 0 aliphatic rings. The number of hydrogen-bond acceptors (Lipinski definition) is 5. The van der Waals surface area contributed by atoms with E-state index in [1.807, 2.05) is 31.0 Å². The van der Waals surface area contributed by atoms with Gasteiger partial charge in [-0.15, -0.1) is 0 Å². The summed E-state index contributed by atoms with van der Waals surface area (Å²) in [6.45, 7) is 2.27. The lowest BCUT2D eigenvalue weighted by Crippen LogP contribution is -2.37. The molecule has 5 nitrogen and oxygen atoms in total. The Morgan fingerprint density at radius 2 is 1.85 bits per heavy atom. The fourth-order valence-electron chi connectivity index (χ4n) is 1.83. The van der Waals surface area contributed by atoms with Crippen molar-refractivity contribution >= 4 is 9.84 Å². The molecule has 2 atom stereocenters. The van der Waals surface area contributed by atoms with Crippen molar-refractivity contribution in [1.29, 1.82) is 0 Å². The van der Waals surface area contributed by atoms with E-state index in [4.69, 9.17) is 4.74 Å². The van der Waals surface area contributed by atoms with Crippen LogP contribution in [0.3, 0.4) is 0 Å². The molecule has 1 rings (SSSR count). The smallest absolute Gasteiger partial charge is 0.148 e. The number of methoxy groups -OCH3 is 1. The zero-order valence-corrected chi connectivity index (χ0v) is 13.2. The highest BCUT2D eigenvalue weighted by Gasteiger charge is 2.21. The molecular weight excluding hydrogens is 278 g/mol. The molecule has 114 valence electrons. The Morgan fingerprint density at radius 3 is 2.30 bits per heavy atom. The Kier molecular flexibility index (Phi) is 5.98. The largest absolute Gasteiger partial charge is 0.497 e. The summed E-state index contributed by atoms with van der Waals surface area (Å²) in [4.78, 5) is 1.84. The molecule has 0 aromatic heterocycles. The summed E-state index contributed by atoms with van der Waals surface area (Å²) < 4.78 is 27.4. The number of hydrogen-bond donors (Lipinski definition) is 1. The summed E-state index contributed by atoms with van der Waals surface area (Å²) >= 11 is 0. The summed E-state index contributed by atoms with van der Waals surface area (Å²) in [5, 5.41) is 10.3. The van der Waals surface area contributed by atoms with Gasteiger partial charge in [0.05, 0.1) is 19.0 Å². The van der Waals surface area contributed by atoms with E-state index in [2.05, 4.69) is 0 Å². The van der Waals surface area contributed by atoms with Crippen LogP contribution in [0.15, 0.2) is 24.3 Å². The van der Waals surface area contributed by atoms with E-state index in [9.17, 15) is 13.5 Å². The first kappa shape index (κ1) is 16.9. The molecule has 0 bridgehead atoms. The molecule has 0 saturated carbocycles. The van der Waals surface area contributed by atoms with Crippen LogP contribution in [-0.2, 0) is 9.84 Å². The standard InChI is InChI=1S/C14H23NO4S/c1-11(15(2)9-10-20(4,17)18)14(16)12-5-7-13(19-3)8-6-12/h5-8,11,14,16H,9-10H2,1-4H3. The van der Waals surface area contributed by atoms with Gasteiger partial charge >= 0.3 is 0 Å². The second-order valence-electron chi connectivity index (χ2n) is 5.07. The van der Waals surface area contributed by atoms with Crippen molar-refractivity contribution in [2.24, 2.45) is 0 Å². The van der Waals surface area contributed by atoms with Crippen molar-refractivity contribution in [3.05, 3.63) is 29.8 Å². The summed E-state index contributed by atoms with van der Waals surface area (Å²) in [5.74, 6) is 0.822. The van der Waals surface area contributed by atoms with E-state index in [-0.39, 0.29) is 11.8 Å². The Labute approximate surface area is 121 Å². The quantitative estimate of drug-likeness (QED) is 0.817. The third-order valence-corrected chi connectivity index (χ3v) is 4.35. The third-order valence-electron chi connectivity index (χ3n) is 3.42. The fourth-order valence-corrected chi connectivity index (χ4v) is 2.45. The highest BCUT2D eigenvalue weighted by Crippen LogP contribution is 2.22. The van der Waals surface area contributed by atoms with Gasteiger partial charge in [-0.3, -0.25) is 4.90 Å². The molecule has 2 unspecified atom stereocenters. The summed E-state index contributed by atoms with van der Waals surface area (Å²) in [7, 11) is 0.407. The van der Waals surface area contributed by atoms with Crippen LogP contribution in [0.25, 0.3) is 0 Å². The predicted octanol–water partition coefficient (Wildman–Crippen LogP) is 1.09. The van der Waals surface area contributed by atoms with Crippen molar-refractivity contribution in [1.82, 2.24) is 4.90 Å². The minimum atomic E-state index is -2.99. The van der Waals surface area contributed by atoms with Gasteiger partial charge < -0.3 is 9.84 Å². The number of benzene rings is 1. The maximum Gasteiger partial charge on any atom is 0.148 e. The van der Waals surface area contributed by atoms with Crippen LogP contribution < -0.4 is 4.74 Å². The Bertz CT molecular complexity index is 512. The Hall–Kier alpha value is -1.11. The highest BCUT2D eigenvalue weighted by molar-refractivity contribution is 7.90. The molecule has 0 saturated heterocycles. The zero-order valence-electron chi connectivity index (χ0n) is 12.4. The van der Waals surface area contributed by atoms with Crippen molar-refractivity contribution in [2.45, 2.75) is 19.1 Å². The number of aliphatic hydroxyl groups excluding tert-OH is 1. The van der Waals surface area contributed by atoms with Gasteiger partial charge in [-0.2, -0.15) is 0 Å². The van der Waals surface area contributed by atoms with Crippen molar-refractivity contribution in [2.75, 3.05) is 32.7 Å². The lowest BCUT2D eigenvalue weighted by atomic mass is 10.0. The molecular formula is C14H23NO4S. The molecule has 0 fully saturated rings. The monoisotopic (exact) mass is 301 g/mol. The summed E-state index contributed by atoms with van der Waals surface area (Å²) in [5.41, 5.74) is 0.782. The average Bonchev–Trinajstić information content (AvgIpc) is 2.42. The lowest BCUT2D eigenvalue weighted by molar-refractivity contribution is 0.0758. The zero-order chi connectivity index (χ0) is 15.3. The SMILES string of the molecule is COc1ccc(C(O)C(C)N(C)CCS(C)(=O)=O)cc1. The molecule has 0 aliphatic heterocycles. The Balaban J connectivity index is 2.67. The minimum Gasteiger partial charge on any atom is -0.497 e. The van der Waals surface area contributed by atoms with Gasteiger partial charge in [-0.1, -0.05) is 12.1 Å². The molecule has 6 heteroatoms. The van der Waals surface area contributed by atoms with Crippen LogP contribution in [0.5, 0.6) is 5.75 Å². The fraction of sp³-hybridized carbons (Fsp3) is 0.571. The topological polar surface area (TPSA) is 66.8 Å². The normalized spacial score (nSPS) is 15.1. The molecule has 1 aromatic carbocycles. The predicted molar refractivity (Wildman–Crippen MR) is 79.8 cm³/mol. The highest BCUT2D eigenvalue weighted by atomic mass is 32.2. The average molecular weight is 301 g/mol. The number of aliphatic hydroxyl groups is 1. The number of sulfone groups is 1. The van der Waals surface area contributed by atoms with Crippen LogP contribution in [0.1, 0.15) is 18.6 Å². The van der Waals surface area contributed by atoms with Crippen molar-refractivity contribution < 1.29 is 18.3 Å². The van der Waals surface area contributed by atoms with Crippen molar-refractivity contribution in [3.63, 3.8) is 0 Å². The van der Waals surface area contributed by atoms with Gasteiger partial charge in [0, 0.05) is 18.8 Å². The van der Waals surface area contributed by atoms with Crippen LogP contribution in [0, 0.1) is 0 Å². The van der Waals surface area contributed by atoms with E-state index in [1.165, 1.54) is 6.26 Å². The number of rotatable bonds is 7. The molecule has 1 N–H and O–H groups in total. The first-order valence-corrected chi connectivity index (χ1v) is 8.50. The first-order chi connectivity index (χ1) is 9.24. The summed E-state index contributed by atoms with van der Waals surface area (Å²) in [6.07, 6.45) is 0.538. The molecule has 0 radical (unpaired) electrons.